The van der Waals surface area contributed by atoms with Gasteiger partial charge in [0, 0.05) is 45.1 Å². The summed E-state index contributed by atoms with van der Waals surface area (Å²) in [6, 6.07) is 6.37. The molecule has 0 saturated carbocycles. The molecule has 1 aliphatic heterocycles. The van der Waals surface area contributed by atoms with Crippen molar-refractivity contribution in [3.05, 3.63) is 54.2 Å². The highest BCUT2D eigenvalue weighted by Crippen LogP contribution is 2.12. The van der Waals surface area contributed by atoms with Crippen molar-refractivity contribution in [2.45, 2.75) is 6.54 Å². The highest BCUT2D eigenvalue weighted by Gasteiger charge is 2.22. The van der Waals surface area contributed by atoms with Gasteiger partial charge in [-0.15, -0.1) is 0 Å². The van der Waals surface area contributed by atoms with Gasteiger partial charge in [0.15, 0.2) is 0 Å². The molecular formula is C18H22FN5O. The Morgan fingerprint density at radius 2 is 1.88 bits per heavy atom. The van der Waals surface area contributed by atoms with Gasteiger partial charge in [-0.1, -0.05) is 12.1 Å². The molecule has 0 atom stereocenters. The van der Waals surface area contributed by atoms with E-state index in [0.717, 1.165) is 24.5 Å². The van der Waals surface area contributed by atoms with Crippen LogP contribution in [0.4, 0.5) is 10.2 Å². The molecular weight excluding hydrogens is 321 g/mol. The monoisotopic (exact) mass is 343 g/mol. The molecule has 0 spiro atoms. The Labute approximate surface area is 146 Å². The fourth-order valence-corrected chi connectivity index (χ4v) is 2.93. The Balaban J connectivity index is 1.46. The van der Waals surface area contributed by atoms with E-state index in [2.05, 4.69) is 14.9 Å². The van der Waals surface area contributed by atoms with Gasteiger partial charge in [-0.3, -0.25) is 14.7 Å². The third-order valence-electron chi connectivity index (χ3n) is 4.28. The topological polar surface area (TPSA) is 52.6 Å². The Kier molecular flexibility index (Phi) is 5.55. The first-order chi connectivity index (χ1) is 12.1. The van der Waals surface area contributed by atoms with Gasteiger partial charge >= 0.3 is 0 Å². The lowest BCUT2D eigenvalue weighted by Crippen LogP contribution is -2.51. The number of likely N-dealkylation sites (N-methyl/N-ethyl adjacent to an activating group) is 1. The maximum absolute atomic E-state index is 12.9. The zero-order chi connectivity index (χ0) is 17.6. The number of carbonyl (C=O) groups excluding carboxylic acids is 1. The predicted octanol–water partition coefficient (Wildman–Crippen LogP) is 1.40. The van der Waals surface area contributed by atoms with Gasteiger partial charge in [0.1, 0.15) is 11.6 Å². The lowest BCUT2D eigenvalue weighted by atomic mass is 10.2. The second-order valence-corrected chi connectivity index (χ2v) is 6.23. The third-order valence-corrected chi connectivity index (χ3v) is 4.28. The summed E-state index contributed by atoms with van der Waals surface area (Å²) in [6.07, 6.45) is 5.07. The van der Waals surface area contributed by atoms with Gasteiger partial charge in [-0.2, -0.15) is 0 Å². The summed E-state index contributed by atoms with van der Waals surface area (Å²) in [5, 5.41) is 0. The van der Waals surface area contributed by atoms with Crippen LogP contribution in [0.1, 0.15) is 5.56 Å². The maximum Gasteiger partial charge on any atom is 0.236 e. The first kappa shape index (κ1) is 17.3. The molecule has 0 bridgehead atoms. The van der Waals surface area contributed by atoms with E-state index in [1.54, 1.807) is 30.7 Å². The van der Waals surface area contributed by atoms with Crippen molar-refractivity contribution in [3.8, 4) is 0 Å². The van der Waals surface area contributed by atoms with Crippen LogP contribution >= 0.6 is 0 Å². The highest BCUT2D eigenvalue weighted by molar-refractivity contribution is 5.78. The molecule has 3 rings (SSSR count). The average Bonchev–Trinajstić information content (AvgIpc) is 2.64. The lowest BCUT2D eigenvalue weighted by molar-refractivity contribution is -0.132. The maximum atomic E-state index is 12.9. The van der Waals surface area contributed by atoms with Crippen molar-refractivity contribution in [3.63, 3.8) is 0 Å². The van der Waals surface area contributed by atoms with Gasteiger partial charge in [0.05, 0.1) is 12.7 Å². The van der Waals surface area contributed by atoms with Crippen LogP contribution in [0, 0.1) is 5.82 Å². The van der Waals surface area contributed by atoms with E-state index in [9.17, 15) is 9.18 Å². The van der Waals surface area contributed by atoms with Gasteiger partial charge in [0.25, 0.3) is 0 Å². The van der Waals surface area contributed by atoms with Crippen molar-refractivity contribution in [1.29, 1.82) is 0 Å². The molecule has 0 aliphatic carbocycles. The average molecular weight is 343 g/mol. The summed E-state index contributed by atoms with van der Waals surface area (Å²) in [4.78, 5) is 26.8. The van der Waals surface area contributed by atoms with Crippen molar-refractivity contribution in [2.24, 2.45) is 0 Å². The van der Waals surface area contributed by atoms with E-state index >= 15 is 0 Å². The SMILES string of the molecule is CN(CC(=O)N1CCN(c2cnccn2)CC1)Cc1ccc(F)cc1. The van der Waals surface area contributed by atoms with Gasteiger partial charge in [-0.25, -0.2) is 9.37 Å². The smallest absolute Gasteiger partial charge is 0.236 e. The number of carbonyl (C=O) groups is 1. The molecule has 1 fully saturated rings. The number of anilines is 1. The standard InChI is InChI=1S/C18H22FN5O/c1-22(13-15-2-4-16(19)5-3-15)14-18(25)24-10-8-23(9-11-24)17-12-20-6-7-21-17/h2-7,12H,8-11,13-14H2,1H3. The van der Waals surface area contributed by atoms with Crippen LogP contribution < -0.4 is 4.90 Å². The zero-order valence-electron chi connectivity index (χ0n) is 14.3. The number of halogens is 1. The Morgan fingerprint density at radius 1 is 1.16 bits per heavy atom. The number of amides is 1. The van der Waals surface area contributed by atoms with Crippen LogP contribution in [0.25, 0.3) is 0 Å². The summed E-state index contributed by atoms with van der Waals surface area (Å²) < 4.78 is 12.9. The normalized spacial score (nSPS) is 14.8. The van der Waals surface area contributed by atoms with Crippen molar-refractivity contribution in [1.82, 2.24) is 19.8 Å². The number of piperazine rings is 1. The van der Waals surface area contributed by atoms with Gasteiger partial charge < -0.3 is 9.80 Å². The summed E-state index contributed by atoms with van der Waals surface area (Å²) in [5.74, 6) is 0.717. The largest absolute Gasteiger partial charge is 0.352 e. The Morgan fingerprint density at radius 3 is 2.52 bits per heavy atom. The first-order valence-electron chi connectivity index (χ1n) is 8.33. The molecule has 7 heteroatoms. The molecule has 2 heterocycles. The second kappa shape index (κ2) is 8.02. The number of hydrogen-bond acceptors (Lipinski definition) is 5. The summed E-state index contributed by atoms with van der Waals surface area (Å²) in [6.45, 7) is 3.84. The Bertz CT molecular complexity index is 686. The molecule has 2 aromatic rings. The van der Waals surface area contributed by atoms with E-state index in [0.29, 0.717) is 26.2 Å². The van der Waals surface area contributed by atoms with Gasteiger partial charge in [-0.05, 0) is 24.7 Å². The third kappa shape index (κ3) is 4.73. The fraction of sp³-hybridized carbons (Fsp3) is 0.389. The van der Waals surface area contributed by atoms with Crippen molar-refractivity contribution in [2.75, 3.05) is 44.7 Å². The van der Waals surface area contributed by atoms with Crippen LogP contribution in [-0.4, -0.2) is 65.4 Å². The Hall–Kier alpha value is -2.54. The first-order valence-corrected chi connectivity index (χ1v) is 8.33. The minimum Gasteiger partial charge on any atom is -0.352 e. The van der Waals surface area contributed by atoms with Crippen LogP contribution in [0.5, 0.6) is 0 Å². The molecule has 1 aromatic heterocycles. The van der Waals surface area contributed by atoms with E-state index in [1.165, 1.54) is 12.1 Å². The number of rotatable bonds is 5. The van der Waals surface area contributed by atoms with E-state index in [4.69, 9.17) is 0 Å². The van der Waals surface area contributed by atoms with E-state index < -0.39 is 0 Å². The fourth-order valence-electron chi connectivity index (χ4n) is 2.93. The highest BCUT2D eigenvalue weighted by atomic mass is 19.1. The molecule has 1 amide bonds. The number of nitrogens with zero attached hydrogens (tertiary/aromatic N) is 5. The summed E-state index contributed by atoms with van der Waals surface area (Å²) in [5.41, 5.74) is 0.990. The van der Waals surface area contributed by atoms with Crippen LogP contribution in [0.3, 0.4) is 0 Å². The van der Waals surface area contributed by atoms with Crippen LogP contribution in [0.2, 0.25) is 0 Å². The predicted molar refractivity (Wildman–Crippen MR) is 93.6 cm³/mol. The molecule has 0 radical (unpaired) electrons. The van der Waals surface area contributed by atoms with Crippen LogP contribution in [0.15, 0.2) is 42.9 Å². The number of benzene rings is 1. The molecule has 0 unspecified atom stereocenters. The molecule has 132 valence electrons. The summed E-state index contributed by atoms with van der Waals surface area (Å²) in [7, 11) is 1.90. The minimum absolute atomic E-state index is 0.114. The molecule has 0 N–H and O–H groups in total. The number of aromatic nitrogens is 2. The lowest BCUT2D eigenvalue weighted by Gasteiger charge is -2.35. The number of hydrogen-bond donors (Lipinski definition) is 0. The minimum atomic E-state index is -0.247. The molecule has 1 aromatic carbocycles. The second-order valence-electron chi connectivity index (χ2n) is 6.23. The zero-order valence-corrected chi connectivity index (χ0v) is 14.3. The van der Waals surface area contributed by atoms with Crippen LogP contribution in [-0.2, 0) is 11.3 Å². The van der Waals surface area contributed by atoms with Gasteiger partial charge in [0.2, 0.25) is 5.91 Å². The molecule has 1 saturated heterocycles. The molecule has 6 nitrogen and oxygen atoms in total. The molecule has 25 heavy (non-hydrogen) atoms. The quantitative estimate of drug-likeness (QED) is 0.821. The van der Waals surface area contributed by atoms with Crippen molar-refractivity contribution >= 4 is 11.7 Å². The van der Waals surface area contributed by atoms with E-state index in [1.807, 2.05) is 16.8 Å². The summed E-state index contributed by atoms with van der Waals surface area (Å²) >= 11 is 0. The van der Waals surface area contributed by atoms with Crippen molar-refractivity contribution < 1.29 is 9.18 Å². The van der Waals surface area contributed by atoms with E-state index in [-0.39, 0.29) is 11.7 Å². The molecule has 1 aliphatic rings.